The Hall–Kier alpha value is -2.73. The summed E-state index contributed by atoms with van der Waals surface area (Å²) in [6.07, 6.45) is 0.854. The number of nitrogens with zero attached hydrogens (tertiary/aromatic N) is 1. The van der Waals surface area contributed by atoms with E-state index in [1.165, 1.54) is 24.3 Å². The van der Waals surface area contributed by atoms with E-state index < -0.39 is 16.3 Å². The minimum atomic E-state index is -0.669. The fourth-order valence-electron chi connectivity index (χ4n) is 2.32. The molecule has 0 atom stereocenters. The molecular formula is C20H20ClNO5. The van der Waals surface area contributed by atoms with Crippen molar-refractivity contribution < 1.29 is 19.2 Å². The van der Waals surface area contributed by atoms with Crippen LogP contribution < -0.4 is 4.74 Å². The average Bonchev–Trinajstić information content (AvgIpc) is 2.60. The number of rotatable bonds is 6. The maximum absolute atomic E-state index is 12.4. The summed E-state index contributed by atoms with van der Waals surface area (Å²) in [6.45, 7) is 5.60. The first-order valence-electron chi connectivity index (χ1n) is 8.36. The number of halogens is 1. The van der Waals surface area contributed by atoms with Crippen molar-refractivity contribution in [3.8, 4) is 5.75 Å². The monoisotopic (exact) mass is 389 g/mol. The van der Waals surface area contributed by atoms with Crippen molar-refractivity contribution >= 4 is 29.0 Å². The molecule has 0 aromatic heterocycles. The number of carbonyl (C=O) groups is 2. The third-order valence-corrected chi connectivity index (χ3v) is 4.32. The van der Waals surface area contributed by atoms with Crippen molar-refractivity contribution in [2.75, 3.05) is 0 Å². The van der Waals surface area contributed by atoms with Crippen LogP contribution in [0.1, 0.15) is 43.1 Å². The number of carbonyl (C=O) groups excluding carboxylic acids is 2. The number of non-ortho nitro benzene ring substituents is 1. The maximum atomic E-state index is 12.4. The summed E-state index contributed by atoms with van der Waals surface area (Å²) in [5.41, 5.74) is 0.464. The van der Waals surface area contributed by atoms with Crippen LogP contribution in [0.15, 0.2) is 42.5 Å². The molecular weight excluding hydrogens is 370 g/mol. The minimum absolute atomic E-state index is 0.0988. The van der Waals surface area contributed by atoms with E-state index >= 15 is 0 Å². The van der Waals surface area contributed by atoms with Crippen LogP contribution in [0.4, 0.5) is 5.69 Å². The zero-order valence-corrected chi connectivity index (χ0v) is 16.1. The standard InChI is InChI=1S/C20H20ClNO5/c1-20(2,3)18(23)11-5-13-4-10-17(21)16(12-13)19(24)27-15-8-6-14(7-9-15)22(25)26/h4,6-10,12H,5,11H2,1-3H3. The van der Waals surface area contributed by atoms with E-state index in [1.54, 1.807) is 18.2 Å². The number of hydrogen-bond donors (Lipinski definition) is 0. The van der Waals surface area contributed by atoms with Crippen LogP contribution in [-0.2, 0) is 11.2 Å². The summed E-state index contributed by atoms with van der Waals surface area (Å²) < 4.78 is 5.24. The number of Topliss-reactive ketones (excluding diaryl/α,β-unsaturated/α-hetero) is 1. The molecule has 27 heavy (non-hydrogen) atoms. The van der Waals surface area contributed by atoms with Gasteiger partial charge in [0.15, 0.2) is 0 Å². The summed E-state index contributed by atoms with van der Waals surface area (Å²) in [5, 5.41) is 10.9. The Kier molecular flexibility index (Phi) is 6.33. The van der Waals surface area contributed by atoms with Crippen molar-refractivity contribution in [3.05, 3.63) is 68.7 Å². The lowest BCUT2D eigenvalue weighted by molar-refractivity contribution is -0.384. The smallest absolute Gasteiger partial charge is 0.345 e. The molecule has 0 heterocycles. The van der Waals surface area contributed by atoms with E-state index in [0.29, 0.717) is 12.8 Å². The summed E-state index contributed by atoms with van der Waals surface area (Å²) >= 11 is 6.10. The van der Waals surface area contributed by atoms with Crippen molar-refractivity contribution in [1.82, 2.24) is 0 Å². The lowest BCUT2D eigenvalue weighted by Crippen LogP contribution is -2.20. The lowest BCUT2D eigenvalue weighted by atomic mass is 9.87. The molecule has 0 saturated carbocycles. The predicted octanol–water partition coefficient (Wildman–Crippen LogP) is 5.02. The second-order valence-corrected chi connectivity index (χ2v) is 7.54. The highest BCUT2D eigenvalue weighted by atomic mass is 35.5. The summed E-state index contributed by atoms with van der Waals surface area (Å²) in [5.74, 6) is -0.361. The largest absolute Gasteiger partial charge is 0.423 e. The Morgan fingerprint density at radius 3 is 2.30 bits per heavy atom. The molecule has 0 saturated heterocycles. The van der Waals surface area contributed by atoms with Gasteiger partial charge < -0.3 is 4.74 Å². The Bertz CT molecular complexity index is 869. The highest BCUT2D eigenvalue weighted by Gasteiger charge is 2.21. The van der Waals surface area contributed by atoms with E-state index in [2.05, 4.69) is 0 Å². The molecule has 0 aliphatic heterocycles. The van der Waals surface area contributed by atoms with Crippen LogP contribution in [0, 0.1) is 15.5 Å². The predicted molar refractivity (Wildman–Crippen MR) is 102 cm³/mol. The van der Waals surface area contributed by atoms with Gasteiger partial charge in [-0.25, -0.2) is 4.79 Å². The first kappa shape index (κ1) is 20.6. The van der Waals surface area contributed by atoms with E-state index in [0.717, 1.165) is 5.56 Å². The van der Waals surface area contributed by atoms with Gasteiger partial charge in [0, 0.05) is 24.0 Å². The summed E-state index contributed by atoms with van der Waals surface area (Å²) in [6, 6.07) is 10.1. The van der Waals surface area contributed by atoms with Crippen LogP contribution in [0.2, 0.25) is 5.02 Å². The fourth-order valence-corrected chi connectivity index (χ4v) is 2.51. The van der Waals surface area contributed by atoms with E-state index in [1.807, 2.05) is 20.8 Å². The summed E-state index contributed by atoms with van der Waals surface area (Å²) in [7, 11) is 0. The highest BCUT2D eigenvalue weighted by molar-refractivity contribution is 6.33. The number of benzene rings is 2. The van der Waals surface area contributed by atoms with Crippen molar-refractivity contribution in [1.29, 1.82) is 0 Å². The fraction of sp³-hybridized carbons (Fsp3) is 0.300. The van der Waals surface area contributed by atoms with Gasteiger partial charge in [0.25, 0.3) is 5.69 Å². The van der Waals surface area contributed by atoms with Crippen LogP contribution in [-0.4, -0.2) is 16.7 Å². The van der Waals surface area contributed by atoms with Crippen LogP contribution in [0.3, 0.4) is 0 Å². The molecule has 2 rings (SSSR count). The lowest BCUT2D eigenvalue weighted by Gasteiger charge is -2.16. The molecule has 0 radical (unpaired) electrons. The van der Waals surface area contributed by atoms with Crippen molar-refractivity contribution in [2.45, 2.75) is 33.6 Å². The Labute approximate surface area is 162 Å². The highest BCUT2D eigenvalue weighted by Crippen LogP contribution is 2.24. The normalized spacial score (nSPS) is 11.1. The number of nitro benzene ring substituents is 1. The van der Waals surface area contributed by atoms with Gasteiger partial charge in [-0.1, -0.05) is 38.4 Å². The van der Waals surface area contributed by atoms with Crippen LogP contribution >= 0.6 is 11.6 Å². The first-order valence-corrected chi connectivity index (χ1v) is 8.74. The number of hydrogen-bond acceptors (Lipinski definition) is 5. The quantitative estimate of drug-likeness (QED) is 0.300. The Morgan fingerprint density at radius 1 is 1.11 bits per heavy atom. The van der Waals surface area contributed by atoms with Crippen LogP contribution in [0.25, 0.3) is 0 Å². The molecule has 2 aromatic carbocycles. The molecule has 0 unspecified atom stereocenters. The van der Waals surface area contributed by atoms with Crippen molar-refractivity contribution in [2.24, 2.45) is 5.41 Å². The SMILES string of the molecule is CC(C)(C)C(=O)CCc1ccc(Cl)c(C(=O)Oc2ccc([N+](=O)[O-])cc2)c1. The molecule has 0 aliphatic rings. The Morgan fingerprint density at radius 2 is 1.74 bits per heavy atom. The summed E-state index contributed by atoms with van der Waals surface area (Å²) in [4.78, 5) is 34.6. The minimum Gasteiger partial charge on any atom is -0.423 e. The van der Waals surface area contributed by atoms with Gasteiger partial charge in [-0.3, -0.25) is 14.9 Å². The molecule has 7 heteroatoms. The van der Waals surface area contributed by atoms with Gasteiger partial charge in [-0.2, -0.15) is 0 Å². The molecule has 6 nitrogen and oxygen atoms in total. The van der Waals surface area contributed by atoms with Gasteiger partial charge in [-0.05, 0) is 36.2 Å². The average molecular weight is 390 g/mol. The molecule has 0 fully saturated rings. The van der Waals surface area contributed by atoms with E-state index in [4.69, 9.17) is 16.3 Å². The number of ether oxygens (including phenoxy) is 1. The van der Waals surface area contributed by atoms with Gasteiger partial charge in [0.05, 0.1) is 15.5 Å². The first-order chi connectivity index (χ1) is 12.6. The molecule has 0 spiro atoms. The number of esters is 1. The van der Waals surface area contributed by atoms with Crippen LogP contribution in [0.5, 0.6) is 5.75 Å². The molecule has 0 N–H and O–H groups in total. The molecule has 0 bridgehead atoms. The Balaban J connectivity index is 2.11. The van der Waals surface area contributed by atoms with Gasteiger partial charge >= 0.3 is 5.97 Å². The maximum Gasteiger partial charge on any atom is 0.345 e. The molecule has 142 valence electrons. The third kappa shape index (κ3) is 5.62. The molecule has 2 aromatic rings. The number of aryl methyl sites for hydroxylation is 1. The third-order valence-electron chi connectivity index (χ3n) is 3.99. The second kappa shape index (κ2) is 8.31. The number of nitro groups is 1. The topological polar surface area (TPSA) is 86.5 Å². The molecule has 0 aliphatic carbocycles. The zero-order valence-electron chi connectivity index (χ0n) is 15.3. The van der Waals surface area contributed by atoms with Crippen molar-refractivity contribution in [3.63, 3.8) is 0 Å². The van der Waals surface area contributed by atoms with Gasteiger partial charge in [0.1, 0.15) is 11.5 Å². The van der Waals surface area contributed by atoms with Gasteiger partial charge in [0.2, 0.25) is 0 Å². The number of ketones is 1. The van der Waals surface area contributed by atoms with E-state index in [-0.39, 0.29) is 27.8 Å². The van der Waals surface area contributed by atoms with Gasteiger partial charge in [-0.15, -0.1) is 0 Å². The second-order valence-electron chi connectivity index (χ2n) is 7.13. The zero-order chi connectivity index (χ0) is 20.2. The molecule has 0 amide bonds. The van der Waals surface area contributed by atoms with E-state index in [9.17, 15) is 19.7 Å².